The Hall–Kier alpha value is -2.45. The fraction of sp³-hybridized carbons (Fsp3) is 0.250. The van der Waals surface area contributed by atoms with E-state index in [0.29, 0.717) is 26.1 Å². The van der Waals surface area contributed by atoms with Crippen molar-refractivity contribution in [3.63, 3.8) is 0 Å². The van der Waals surface area contributed by atoms with Crippen LogP contribution >= 0.6 is 11.3 Å². The molecule has 3 aromatic rings. The Labute approximate surface area is 163 Å². The van der Waals surface area contributed by atoms with Gasteiger partial charge in [0.2, 0.25) is 0 Å². The number of alkyl halides is 3. The monoisotopic (exact) mass is 411 g/mol. The molecule has 0 aliphatic carbocycles. The molecule has 148 valence electrons. The van der Waals surface area contributed by atoms with Crippen molar-refractivity contribution >= 4 is 27.3 Å². The number of thiophene rings is 1. The average molecular weight is 411 g/mol. The largest absolute Gasteiger partial charge is 0.416 e. The summed E-state index contributed by atoms with van der Waals surface area (Å²) in [5.74, 6) is -0.766. The fourth-order valence-corrected chi connectivity index (χ4v) is 4.16. The number of amides is 1. The summed E-state index contributed by atoms with van der Waals surface area (Å²) in [6, 6.07) is 9.28. The van der Waals surface area contributed by atoms with Crippen LogP contribution in [-0.4, -0.2) is 25.0 Å². The van der Waals surface area contributed by atoms with Crippen LogP contribution < -0.4 is 0 Å². The topological polar surface area (TPSA) is 29.5 Å². The number of benzene rings is 2. The Bertz CT molecular complexity index is 996. The maximum atomic E-state index is 14.3. The number of hydrogen-bond acceptors (Lipinski definition) is 3. The molecule has 3 nitrogen and oxygen atoms in total. The lowest BCUT2D eigenvalue weighted by Crippen LogP contribution is -2.26. The molecule has 1 aromatic heterocycles. The number of carbonyl (C=O) groups is 1. The summed E-state index contributed by atoms with van der Waals surface area (Å²) < 4.78 is 58.1. The van der Waals surface area contributed by atoms with E-state index in [9.17, 15) is 22.4 Å². The normalized spacial score (nSPS) is 11.8. The van der Waals surface area contributed by atoms with E-state index in [-0.39, 0.29) is 19.1 Å². The van der Waals surface area contributed by atoms with E-state index in [1.807, 2.05) is 0 Å². The van der Waals surface area contributed by atoms with E-state index in [0.717, 1.165) is 12.1 Å². The summed E-state index contributed by atoms with van der Waals surface area (Å²) in [4.78, 5) is 14.7. The maximum Gasteiger partial charge on any atom is 0.416 e. The van der Waals surface area contributed by atoms with Crippen LogP contribution in [0.2, 0.25) is 0 Å². The molecular formula is C20H17F4NO2S. The summed E-state index contributed by atoms with van der Waals surface area (Å²) >= 11 is 1.17. The standard InChI is InChI=1S/C20H17F4NO2S/c1-25(10-12-6-8-13(9-7-12)20(22,23)24)19(26)18-14(11-27-2)17-15(21)4-3-5-16(17)28-18/h3-9H,10-11H2,1-2H3. The first-order chi connectivity index (χ1) is 13.2. The lowest BCUT2D eigenvalue weighted by atomic mass is 10.1. The Morgan fingerprint density at radius 1 is 1.14 bits per heavy atom. The molecule has 0 saturated carbocycles. The van der Waals surface area contributed by atoms with Crippen LogP contribution in [0.3, 0.4) is 0 Å². The maximum absolute atomic E-state index is 14.3. The van der Waals surface area contributed by atoms with Gasteiger partial charge in [-0.25, -0.2) is 4.39 Å². The van der Waals surface area contributed by atoms with Gasteiger partial charge in [0.05, 0.1) is 17.0 Å². The van der Waals surface area contributed by atoms with Crippen molar-refractivity contribution < 1.29 is 27.1 Å². The molecule has 1 heterocycles. The van der Waals surface area contributed by atoms with Crippen molar-refractivity contribution in [3.8, 4) is 0 Å². The highest BCUT2D eigenvalue weighted by Crippen LogP contribution is 2.35. The van der Waals surface area contributed by atoms with Crippen molar-refractivity contribution in [3.05, 3.63) is 69.8 Å². The van der Waals surface area contributed by atoms with Gasteiger partial charge in [-0.05, 0) is 29.8 Å². The lowest BCUT2D eigenvalue weighted by molar-refractivity contribution is -0.137. The van der Waals surface area contributed by atoms with E-state index in [1.165, 1.54) is 41.5 Å². The zero-order valence-electron chi connectivity index (χ0n) is 15.1. The summed E-state index contributed by atoms with van der Waals surface area (Å²) in [5, 5.41) is 0.362. The molecule has 0 fully saturated rings. The molecule has 0 saturated heterocycles. The van der Waals surface area contributed by atoms with Crippen LogP contribution in [0.1, 0.15) is 26.4 Å². The van der Waals surface area contributed by atoms with Crippen molar-refractivity contribution in [2.75, 3.05) is 14.2 Å². The predicted molar refractivity (Wildman–Crippen MR) is 99.7 cm³/mol. The van der Waals surface area contributed by atoms with Gasteiger partial charge >= 0.3 is 6.18 Å². The van der Waals surface area contributed by atoms with E-state index in [4.69, 9.17) is 4.74 Å². The third kappa shape index (κ3) is 4.02. The molecule has 8 heteroatoms. The molecular weight excluding hydrogens is 394 g/mol. The minimum Gasteiger partial charge on any atom is -0.380 e. The molecule has 0 aliphatic heterocycles. The SMILES string of the molecule is COCc1c(C(=O)N(C)Cc2ccc(C(F)(F)F)cc2)sc2cccc(F)c12. The Balaban J connectivity index is 1.87. The van der Waals surface area contributed by atoms with Crippen LogP contribution in [0.15, 0.2) is 42.5 Å². The molecule has 0 aliphatic rings. The molecule has 0 N–H and O–H groups in total. The first kappa shape index (κ1) is 20.3. The second-order valence-electron chi connectivity index (χ2n) is 6.31. The fourth-order valence-electron chi connectivity index (χ4n) is 2.94. The third-order valence-corrected chi connectivity index (χ3v) is 5.48. The summed E-state index contributed by atoms with van der Waals surface area (Å²) in [7, 11) is 3.02. The Morgan fingerprint density at radius 2 is 1.82 bits per heavy atom. The number of carbonyl (C=O) groups excluding carboxylic acids is 1. The summed E-state index contributed by atoms with van der Waals surface area (Å²) in [6.45, 7) is 0.205. The van der Waals surface area contributed by atoms with Gasteiger partial charge in [-0.1, -0.05) is 18.2 Å². The first-order valence-electron chi connectivity index (χ1n) is 8.32. The first-order valence-corrected chi connectivity index (χ1v) is 9.14. The minimum atomic E-state index is -4.41. The van der Waals surface area contributed by atoms with E-state index < -0.39 is 17.6 Å². The number of hydrogen-bond donors (Lipinski definition) is 0. The molecule has 0 unspecified atom stereocenters. The highest BCUT2D eigenvalue weighted by molar-refractivity contribution is 7.21. The molecule has 0 bridgehead atoms. The second kappa shape index (κ2) is 7.89. The molecule has 0 atom stereocenters. The number of nitrogens with zero attached hydrogens (tertiary/aromatic N) is 1. The van der Waals surface area contributed by atoms with Gasteiger partial charge < -0.3 is 9.64 Å². The molecule has 1 amide bonds. The van der Waals surface area contributed by atoms with Crippen LogP contribution in [0, 0.1) is 5.82 Å². The van der Waals surface area contributed by atoms with Gasteiger partial charge in [-0.15, -0.1) is 11.3 Å². The number of halogens is 4. The van der Waals surface area contributed by atoms with Crippen molar-refractivity contribution in [1.29, 1.82) is 0 Å². The van der Waals surface area contributed by atoms with Gasteiger partial charge in [0.25, 0.3) is 5.91 Å². The number of fused-ring (bicyclic) bond motifs is 1. The van der Waals surface area contributed by atoms with Crippen molar-refractivity contribution in [2.45, 2.75) is 19.3 Å². The lowest BCUT2D eigenvalue weighted by Gasteiger charge is -2.18. The van der Waals surface area contributed by atoms with Crippen LogP contribution in [-0.2, 0) is 24.1 Å². The highest BCUT2D eigenvalue weighted by Gasteiger charge is 2.30. The van der Waals surface area contributed by atoms with Gasteiger partial charge in [-0.3, -0.25) is 4.79 Å². The average Bonchev–Trinajstić information content (AvgIpc) is 3.01. The highest BCUT2D eigenvalue weighted by atomic mass is 32.1. The van der Waals surface area contributed by atoms with Crippen LogP contribution in [0.5, 0.6) is 0 Å². The molecule has 2 aromatic carbocycles. The Morgan fingerprint density at radius 3 is 2.43 bits per heavy atom. The van der Waals surface area contributed by atoms with Crippen LogP contribution in [0.25, 0.3) is 10.1 Å². The molecule has 0 spiro atoms. The van der Waals surface area contributed by atoms with Crippen LogP contribution in [0.4, 0.5) is 17.6 Å². The molecule has 0 radical (unpaired) electrons. The zero-order chi connectivity index (χ0) is 20.5. The second-order valence-corrected chi connectivity index (χ2v) is 7.36. The number of methoxy groups -OCH3 is 1. The predicted octanol–water partition coefficient (Wildman–Crippen LogP) is 5.48. The van der Waals surface area contributed by atoms with Gasteiger partial charge in [0.15, 0.2) is 0 Å². The summed E-state index contributed by atoms with van der Waals surface area (Å²) in [6.07, 6.45) is -4.41. The number of rotatable bonds is 5. The zero-order valence-corrected chi connectivity index (χ0v) is 16.0. The van der Waals surface area contributed by atoms with Gasteiger partial charge in [0, 0.05) is 36.4 Å². The third-order valence-electron chi connectivity index (χ3n) is 4.29. The van der Waals surface area contributed by atoms with Gasteiger partial charge in [0.1, 0.15) is 5.82 Å². The quantitative estimate of drug-likeness (QED) is 0.521. The molecule has 3 rings (SSSR count). The van der Waals surface area contributed by atoms with Crippen molar-refractivity contribution in [1.82, 2.24) is 4.90 Å². The van der Waals surface area contributed by atoms with E-state index >= 15 is 0 Å². The van der Waals surface area contributed by atoms with E-state index in [2.05, 4.69) is 0 Å². The smallest absolute Gasteiger partial charge is 0.380 e. The van der Waals surface area contributed by atoms with Crippen molar-refractivity contribution in [2.24, 2.45) is 0 Å². The minimum absolute atomic E-state index is 0.0795. The molecule has 28 heavy (non-hydrogen) atoms. The van der Waals surface area contributed by atoms with E-state index in [1.54, 1.807) is 19.2 Å². The number of ether oxygens (including phenoxy) is 1. The Kier molecular flexibility index (Phi) is 5.71. The summed E-state index contributed by atoms with van der Waals surface area (Å²) in [5.41, 5.74) is 0.293. The van der Waals surface area contributed by atoms with Gasteiger partial charge in [-0.2, -0.15) is 13.2 Å².